The fourth-order valence-corrected chi connectivity index (χ4v) is 4.04. The number of hydrogen-bond donors (Lipinski definition) is 0. The van der Waals surface area contributed by atoms with Gasteiger partial charge in [-0.25, -0.2) is 0 Å². The Morgan fingerprint density at radius 2 is 2.06 bits per heavy atom. The monoisotopic (exact) mass is 250 g/mol. The second-order valence-corrected chi connectivity index (χ2v) is 7.28. The van der Waals surface area contributed by atoms with Crippen LogP contribution in [0.3, 0.4) is 0 Å². The molecule has 1 atom stereocenters. The molecule has 2 rings (SSSR count). The lowest BCUT2D eigenvalue weighted by Gasteiger charge is -2.37. The van der Waals surface area contributed by atoms with E-state index in [1.54, 1.807) is 11.3 Å². The van der Waals surface area contributed by atoms with Crippen molar-refractivity contribution in [3.05, 3.63) is 21.4 Å². The summed E-state index contributed by atoms with van der Waals surface area (Å²) in [5.74, 6) is 0.623. The maximum absolute atomic E-state index is 12.7. The van der Waals surface area contributed by atoms with Gasteiger partial charge in [-0.1, -0.05) is 26.7 Å². The van der Waals surface area contributed by atoms with E-state index in [0.29, 0.717) is 5.78 Å². The Hall–Kier alpha value is -0.630. The van der Waals surface area contributed by atoms with E-state index >= 15 is 0 Å². The molecule has 0 radical (unpaired) electrons. The third-order valence-electron chi connectivity index (χ3n) is 4.09. The third kappa shape index (κ3) is 2.47. The highest BCUT2D eigenvalue weighted by atomic mass is 32.1. The number of carbonyl (C=O) groups excluding carboxylic acids is 1. The summed E-state index contributed by atoms with van der Waals surface area (Å²) in [5, 5.41) is 0. The Morgan fingerprint density at radius 3 is 2.59 bits per heavy atom. The van der Waals surface area contributed by atoms with Gasteiger partial charge in [-0.15, -0.1) is 11.3 Å². The van der Waals surface area contributed by atoms with Gasteiger partial charge in [0.2, 0.25) is 0 Å². The Kier molecular flexibility index (Phi) is 3.44. The minimum Gasteiger partial charge on any atom is -0.293 e. The Bertz CT molecular complexity index is 428. The molecular weight excluding hydrogens is 228 g/mol. The standard InChI is InChI=1S/C15H22OS/c1-10-9-11(2)17-14(10)13(16)12-7-5-6-8-15(12,3)4/h9,12H,5-8H2,1-4H3. The molecule has 2 heteroatoms. The Morgan fingerprint density at radius 1 is 1.35 bits per heavy atom. The maximum Gasteiger partial charge on any atom is 0.176 e. The molecule has 0 saturated heterocycles. The van der Waals surface area contributed by atoms with Crippen LogP contribution in [-0.2, 0) is 0 Å². The SMILES string of the molecule is Cc1cc(C)c(C(=O)C2CCCCC2(C)C)s1. The van der Waals surface area contributed by atoms with Crippen LogP contribution in [0.2, 0.25) is 0 Å². The predicted molar refractivity (Wildman–Crippen MR) is 73.9 cm³/mol. The van der Waals surface area contributed by atoms with Gasteiger partial charge in [0, 0.05) is 10.8 Å². The van der Waals surface area contributed by atoms with Crippen molar-refractivity contribution in [3.8, 4) is 0 Å². The van der Waals surface area contributed by atoms with Crippen LogP contribution in [0, 0.1) is 25.2 Å². The zero-order chi connectivity index (χ0) is 12.6. The minimum atomic E-state index is 0.180. The first-order valence-corrected chi connectivity index (χ1v) is 7.35. The Labute approximate surface area is 108 Å². The quantitative estimate of drug-likeness (QED) is 0.691. The number of hydrogen-bond acceptors (Lipinski definition) is 2. The predicted octanol–water partition coefficient (Wildman–Crippen LogP) is 4.76. The van der Waals surface area contributed by atoms with Crippen molar-refractivity contribution in [2.24, 2.45) is 11.3 Å². The van der Waals surface area contributed by atoms with E-state index in [0.717, 1.165) is 11.3 Å². The van der Waals surface area contributed by atoms with E-state index in [4.69, 9.17) is 0 Å². The largest absolute Gasteiger partial charge is 0.293 e. The zero-order valence-electron chi connectivity index (χ0n) is 11.3. The fourth-order valence-electron chi connectivity index (χ4n) is 3.02. The molecule has 94 valence electrons. The molecule has 0 bridgehead atoms. The van der Waals surface area contributed by atoms with Crippen molar-refractivity contribution < 1.29 is 4.79 Å². The molecule has 0 N–H and O–H groups in total. The molecule has 0 amide bonds. The topological polar surface area (TPSA) is 17.1 Å². The van der Waals surface area contributed by atoms with E-state index in [-0.39, 0.29) is 11.3 Å². The highest BCUT2D eigenvalue weighted by molar-refractivity contribution is 7.14. The van der Waals surface area contributed by atoms with Gasteiger partial charge in [0.25, 0.3) is 0 Å². The van der Waals surface area contributed by atoms with Crippen LogP contribution in [0.1, 0.15) is 59.6 Å². The minimum absolute atomic E-state index is 0.180. The highest BCUT2D eigenvalue weighted by Gasteiger charge is 2.38. The molecule has 1 unspecified atom stereocenters. The average molecular weight is 250 g/mol. The average Bonchev–Trinajstić information content (AvgIpc) is 2.56. The maximum atomic E-state index is 12.7. The van der Waals surface area contributed by atoms with E-state index in [2.05, 4.69) is 33.8 Å². The smallest absolute Gasteiger partial charge is 0.176 e. The van der Waals surface area contributed by atoms with Gasteiger partial charge in [-0.05, 0) is 43.7 Å². The molecule has 1 saturated carbocycles. The van der Waals surface area contributed by atoms with Crippen LogP contribution in [0.5, 0.6) is 0 Å². The highest BCUT2D eigenvalue weighted by Crippen LogP contribution is 2.43. The summed E-state index contributed by atoms with van der Waals surface area (Å²) in [5.41, 5.74) is 1.35. The normalized spacial score (nSPS) is 23.6. The lowest BCUT2D eigenvalue weighted by Crippen LogP contribution is -2.34. The third-order valence-corrected chi connectivity index (χ3v) is 5.26. The molecular formula is C15H22OS. The number of Topliss-reactive ketones (excluding diaryl/α,β-unsaturated/α-hetero) is 1. The van der Waals surface area contributed by atoms with E-state index in [1.165, 1.54) is 29.7 Å². The van der Waals surface area contributed by atoms with Crippen molar-refractivity contribution in [1.29, 1.82) is 0 Å². The van der Waals surface area contributed by atoms with Gasteiger partial charge in [-0.2, -0.15) is 0 Å². The molecule has 0 aromatic carbocycles. The van der Waals surface area contributed by atoms with Crippen LogP contribution < -0.4 is 0 Å². The summed E-state index contributed by atoms with van der Waals surface area (Å²) >= 11 is 1.67. The molecule has 1 aliphatic rings. The van der Waals surface area contributed by atoms with Gasteiger partial charge < -0.3 is 0 Å². The van der Waals surface area contributed by atoms with Crippen LogP contribution in [0.25, 0.3) is 0 Å². The molecule has 1 heterocycles. The summed E-state index contributed by atoms with van der Waals surface area (Å²) < 4.78 is 0. The molecule has 1 nitrogen and oxygen atoms in total. The van der Waals surface area contributed by atoms with Crippen molar-refractivity contribution >= 4 is 17.1 Å². The van der Waals surface area contributed by atoms with Crippen molar-refractivity contribution in [2.75, 3.05) is 0 Å². The molecule has 0 aliphatic heterocycles. The molecule has 1 aliphatic carbocycles. The summed E-state index contributed by atoms with van der Waals surface area (Å²) in [6.07, 6.45) is 4.75. The molecule has 1 aromatic heterocycles. The van der Waals surface area contributed by atoms with Gasteiger partial charge in [0.1, 0.15) is 0 Å². The van der Waals surface area contributed by atoms with E-state index in [9.17, 15) is 4.79 Å². The van der Waals surface area contributed by atoms with Crippen molar-refractivity contribution in [2.45, 2.75) is 53.4 Å². The number of ketones is 1. The lowest BCUT2D eigenvalue weighted by molar-refractivity contribution is 0.0701. The Balaban J connectivity index is 2.28. The van der Waals surface area contributed by atoms with Gasteiger partial charge in [0.15, 0.2) is 5.78 Å². The molecule has 0 spiro atoms. The van der Waals surface area contributed by atoms with Crippen molar-refractivity contribution in [3.63, 3.8) is 0 Å². The summed E-state index contributed by atoms with van der Waals surface area (Å²) in [6.45, 7) is 8.65. The lowest BCUT2D eigenvalue weighted by atomic mass is 9.67. The fraction of sp³-hybridized carbons (Fsp3) is 0.667. The number of rotatable bonds is 2. The van der Waals surface area contributed by atoms with Crippen LogP contribution in [-0.4, -0.2) is 5.78 Å². The van der Waals surface area contributed by atoms with Crippen molar-refractivity contribution in [1.82, 2.24) is 0 Å². The first-order valence-electron chi connectivity index (χ1n) is 6.53. The van der Waals surface area contributed by atoms with E-state index < -0.39 is 0 Å². The second-order valence-electron chi connectivity index (χ2n) is 6.02. The summed E-state index contributed by atoms with van der Waals surface area (Å²) in [4.78, 5) is 14.9. The summed E-state index contributed by atoms with van der Waals surface area (Å²) in [6, 6.07) is 2.13. The van der Waals surface area contributed by atoms with Crippen LogP contribution in [0.15, 0.2) is 6.07 Å². The first-order chi connectivity index (χ1) is 7.92. The van der Waals surface area contributed by atoms with Gasteiger partial charge >= 0.3 is 0 Å². The second kappa shape index (κ2) is 4.56. The van der Waals surface area contributed by atoms with Crippen LogP contribution in [0.4, 0.5) is 0 Å². The molecule has 1 aromatic rings. The molecule has 1 fully saturated rings. The zero-order valence-corrected chi connectivity index (χ0v) is 12.1. The van der Waals surface area contributed by atoms with Gasteiger partial charge in [0.05, 0.1) is 4.88 Å². The number of aryl methyl sites for hydroxylation is 2. The first kappa shape index (κ1) is 12.8. The summed E-state index contributed by atoms with van der Waals surface area (Å²) in [7, 11) is 0. The molecule has 17 heavy (non-hydrogen) atoms. The van der Waals surface area contributed by atoms with E-state index in [1.807, 2.05) is 0 Å². The van der Waals surface area contributed by atoms with Gasteiger partial charge in [-0.3, -0.25) is 4.79 Å². The van der Waals surface area contributed by atoms with Crippen LogP contribution >= 0.6 is 11.3 Å². The number of carbonyl (C=O) groups is 1. The number of thiophene rings is 1.